The van der Waals surface area contributed by atoms with Crippen molar-refractivity contribution in [1.29, 1.82) is 0 Å². The van der Waals surface area contributed by atoms with Crippen LogP contribution in [0.5, 0.6) is 5.75 Å². The molecule has 1 N–H and O–H groups in total. The van der Waals surface area contributed by atoms with Gasteiger partial charge < -0.3 is 14.8 Å². The van der Waals surface area contributed by atoms with Gasteiger partial charge in [-0.1, -0.05) is 28.1 Å². The maximum Gasteiger partial charge on any atom is 0.387 e. The van der Waals surface area contributed by atoms with E-state index < -0.39 is 23.3 Å². The van der Waals surface area contributed by atoms with Crippen molar-refractivity contribution < 1.29 is 27.8 Å². The van der Waals surface area contributed by atoms with Crippen LogP contribution in [0.3, 0.4) is 0 Å². The van der Waals surface area contributed by atoms with Crippen molar-refractivity contribution in [3.63, 3.8) is 0 Å². The summed E-state index contributed by atoms with van der Waals surface area (Å²) < 4.78 is 33.1. The number of hydrogen-bond acceptors (Lipinski definition) is 4. The lowest BCUT2D eigenvalue weighted by molar-refractivity contribution is -0.139. The van der Waals surface area contributed by atoms with Gasteiger partial charge >= 0.3 is 12.6 Å². The minimum atomic E-state index is -3.03. The molecule has 0 heterocycles. The molecule has 0 radical (unpaired) electrons. The third kappa shape index (κ3) is 4.76. The van der Waals surface area contributed by atoms with E-state index in [0.29, 0.717) is 0 Å². The Hall–Kier alpha value is -1.70. The second-order valence-corrected chi connectivity index (χ2v) is 4.68. The number of carbonyl (C=O) groups is 2. The first-order chi connectivity index (χ1) is 9.45. The third-order valence-corrected chi connectivity index (χ3v) is 2.94. The fraction of sp³-hybridized carbons (Fsp3) is 0.333. The van der Waals surface area contributed by atoms with E-state index in [9.17, 15) is 18.4 Å². The van der Waals surface area contributed by atoms with Gasteiger partial charge in [-0.2, -0.15) is 8.78 Å². The molecule has 1 atom stereocenters. The lowest BCUT2D eigenvalue weighted by atomic mass is 10.2. The zero-order valence-electron chi connectivity index (χ0n) is 10.4. The number of amides is 1. The highest BCUT2D eigenvalue weighted by Gasteiger charge is 2.19. The Labute approximate surface area is 122 Å². The van der Waals surface area contributed by atoms with Gasteiger partial charge in [0.05, 0.1) is 12.7 Å². The quantitative estimate of drug-likeness (QED) is 0.628. The molecule has 110 valence electrons. The summed E-state index contributed by atoms with van der Waals surface area (Å²) in [5.74, 6) is -1.42. The number of carbonyl (C=O) groups excluding carboxylic acids is 2. The van der Waals surface area contributed by atoms with Crippen LogP contribution in [0.25, 0.3) is 0 Å². The molecule has 1 unspecified atom stereocenters. The van der Waals surface area contributed by atoms with Crippen molar-refractivity contribution in [2.45, 2.75) is 11.4 Å². The lowest BCUT2D eigenvalue weighted by Crippen LogP contribution is -2.34. The van der Waals surface area contributed by atoms with Crippen molar-refractivity contribution in [3.8, 4) is 5.75 Å². The van der Waals surface area contributed by atoms with Gasteiger partial charge in [0.25, 0.3) is 5.91 Å². The number of nitrogens with one attached hydrogen (secondary N) is 1. The van der Waals surface area contributed by atoms with Crippen LogP contribution in [-0.2, 0) is 9.53 Å². The van der Waals surface area contributed by atoms with Crippen LogP contribution in [0, 0.1) is 0 Å². The molecule has 0 saturated carbocycles. The van der Waals surface area contributed by atoms with Crippen molar-refractivity contribution in [1.82, 2.24) is 5.32 Å². The zero-order valence-corrected chi connectivity index (χ0v) is 12.0. The Kier molecular flexibility index (Phi) is 6.37. The van der Waals surface area contributed by atoms with E-state index in [0.717, 1.165) is 0 Å². The molecular weight excluding hydrogens is 340 g/mol. The Balaban J connectivity index is 2.70. The van der Waals surface area contributed by atoms with Crippen molar-refractivity contribution >= 4 is 27.8 Å². The molecule has 0 aromatic heterocycles. The summed E-state index contributed by atoms with van der Waals surface area (Å²) >= 11 is 3.02. The van der Waals surface area contributed by atoms with Gasteiger partial charge in [0.15, 0.2) is 0 Å². The van der Waals surface area contributed by atoms with E-state index in [2.05, 4.69) is 30.7 Å². The molecule has 0 aliphatic rings. The molecule has 8 heteroatoms. The summed E-state index contributed by atoms with van der Waals surface area (Å²) in [6.45, 7) is -3.07. The number of para-hydroxylation sites is 1. The number of methoxy groups -OCH3 is 1. The highest BCUT2D eigenvalue weighted by atomic mass is 79.9. The van der Waals surface area contributed by atoms with Crippen molar-refractivity contribution in [2.24, 2.45) is 0 Å². The number of halogens is 3. The van der Waals surface area contributed by atoms with Crippen molar-refractivity contribution in [3.05, 3.63) is 29.8 Å². The van der Waals surface area contributed by atoms with Gasteiger partial charge in [0.1, 0.15) is 10.6 Å². The van der Waals surface area contributed by atoms with Crippen LogP contribution in [0.15, 0.2) is 24.3 Å². The van der Waals surface area contributed by atoms with Crippen LogP contribution in [-0.4, -0.2) is 37.0 Å². The average molecular weight is 352 g/mol. The molecule has 1 amide bonds. The van der Waals surface area contributed by atoms with E-state index >= 15 is 0 Å². The van der Waals surface area contributed by atoms with Crippen LogP contribution in [0.4, 0.5) is 8.78 Å². The van der Waals surface area contributed by atoms with E-state index in [4.69, 9.17) is 0 Å². The van der Waals surface area contributed by atoms with Crippen molar-refractivity contribution in [2.75, 3.05) is 13.7 Å². The van der Waals surface area contributed by atoms with Crippen LogP contribution >= 0.6 is 15.9 Å². The second kappa shape index (κ2) is 7.78. The van der Waals surface area contributed by atoms with Crippen LogP contribution in [0.2, 0.25) is 0 Å². The number of rotatable bonds is 6. The van der Waals surface area contributed by atoms with Crippen LogP contribution in [0.1, 0.15) is 10.4 Å². The highest BCUT2D eigenvalue weighted by molar-refractivity contribution is 9.10. The topological polar surface area (TPSA) is 64.6 Å². The fourth-order valence-electron chi connectivity index (χ4n) is 1.34. The molecule has 20 heavy (non-hydrogen) atoms. The standard InChI is InChI=1S/C12H12BrF2NO4/c1-19-11(18)8(13)6-16-10(17)7-4-2-3-5-9(7)20-12(14)15/h2-5,8,12H,6H2,1H3,(H,16,17). The molecule has 0 fully saturated rings. The number of ether oxygens (including phenoxy) is 2. The molecule has 0 bridgehead atoms. The average Bonchev–Trinajstić information content (AvgIpc) is 2.43. The lowest BCUT2D eigenvalue weighted by Gasteiger charge is -2.12. The summed E-state index contributed by atoms with van der Waals surface area (Å²) in [4.78, 5) is 22.3. The Morgan fingerprint density at radius 1 is 1.35 bits per heavy atom. The maximum atomic E-state index is 12.2. The van der Waals surface area contributed by atoms with Gasteiger partial charge in [-0.25, -0.2) is 0 Å². The molecule has 0 aliphatic carbocycles. The molecule has 1 aromatic carbocycles. The predicted molar refractivity (Wildman–Crippen MR) is 70.1 cm³/mol. The maximum absolute atomic E-state index is 12.2. The highest BCUT2D eigenvalue weighted by Crippen LogP contribution is 2.20. The molecule has 5 nitrogen and oxygen atoms in total. The molecule has 1 aromatic rings. The summed E-state index contributed by atoms with van der Waals surface area (Å²) in [6.07, 6.45) is 0. The van der Waals surface area contributed by atoms with E-state index in [1.54, 1.807) is 0 Å². The summed E-state index contributed by atoms with van der Waals surface area (Å²) in [7, 11) is 1.21. The summed E-state index contributed by atoms with van der Waals surface area (Å²) in [5, 5.41) is 2.42. The largest absolute Gasteiger partial charge is 0.468 e. The first kappa shape index (κ1) is 16.4. The van der Waals surface area contributed by atoms with Gasteiger partial charge in [-0.3, -0.25) is 9.59 Å². The number of hydrogen-bond donors (Lipinski definition) is 1. The van der Waals surface area contributed by atoms with Crippen LogP contribution < -0.4 is 10.1 Å². The Morgan fingerprint density at radius 3 is 2.60 bits per heavy atom. The number of alkyl halides is 3. The Bertz CT molecular complexity index is 484. The third-order valence-electron chi connectivity index (χ3n) is 2.25. The van der Waals surface area contributed by atoms with Gasteiger partial charge in [-0.05, 0) is 12.1 Å². The molecule has 1 rings (SSSR count). The Morgan fingerprint density at radius 2 is 2.00 bits per heavy atom. The molecule has 0 saturated heterocycles. The molecule has 0 aliphatic heterocycles. The van der Waals surface area contributed by atoms with Gasteiger partial charge in [-0.15, -0.1) is 0 Å². The SMILES string of the molecule is COC(=O)C(Br)CNC(=O)c1ccccc1OC(F)F. The monoisotopic (exact) mass is 351 g/mol. The predicted octanol–water partition coefficient (Wildman–Crippen LogP) is 1.95. The number of esters is 1. The normalized spacial score (nSPS) is 11.8. The number of benzene rings is 1. The minimum Gasteiger partial charge on any atom is -0.468 e. The smallest absolute Gasteiger partial charge is 0.387 e. The molecule has 0 spiro atoms. The molecular formula is C12H12BrF2NO4. The van der Waals surface area contributed by atoms with E-state index in [1.807, 2.05) is 0 Å². The van der Waals surface area contributed by atoms with Gasteiger partial charge in [0, 0.05) is 6.54 Å². The first-order valence-electron chi connectivity index (χ1n) is 5.49. The van der Waals surface area contributed by atoms with Gasteiger partial charge in [0.2, 0.25) is 0 Å². The first-order valence-corrected chi connectivity index (χ1v) is 6.41. The fourth-order valence-corrected chi connectivity index (χ4v) is 1.69. The second-order valence-electron chi connectivity index (χ2n) is 3.58. The minimum absolute atomic E-state index is 0.0441. The summed E-state index contributed by atoms with van der Waals surface area (Å²) in [5.41, 5.74) is -0.0441. The zero-order chi connectivity index (χ0) is 15.1. The summed E-state index contributed by atoms with van der Waals surface area (Å²) in [6, 6.07) is 5.58. The van der Waals surface area contributed by atoms with E-state index in [1.165, 1.54) is 31.4 Å². The van der Waals surface area contributed by atoms with E-state index in [-0.39, 0.29) is 17.9 Å².